The van der Waals surface area contributed by atoms with Gasteiger partial charge in [0.2, 0.25) is 0 Å². The second-order valence-electron chi connectivity index (χ2n) is 6.05. The quantitative estimate of drug-likeness (QED) is 0.904. The van der Waals surface area contributed by atoms with E-state index in [-0.39, 0.29) is 12.0 Å². The number of rotatable bonds is 5. The molecule has 0 saturated carbocycles. The van der Waals surface area contributed by atoms with E-state index in [1.807, 2.05) is 29.2 Å². The molecule has 0 radical (unpaired) electrons. The van der Waals surface area contributed by atoms with Gasteiger partial charge in [0.1, 0.15) is 0 Å². The summed E-state index contributed by atoms with van der Waals surface area (Å²) >= 11 is 6.23. The molecule has 6 heteroatoms. The maximum Gasteiger partial charge on any atom is 0.257 e. The van der Waals surface area contributed by atoms with E-state index in [2.05, 4.69) is 17.1 Å². The van der Waals surface area contributed by atoms with Gasteiger partial charge in [-0.25, -0.2) is 0 Å². The summed E-state index contributed by atoms with van der Waals surface area (Å²) in [5.74, 6) is 0.0275. The Kier molecular flexibility index (Phi) is 5.53. The molecule has 1 saturated heterocycles. The van der Waals surface area contributed by atoms with E-state index in [0.717, 1.165) is 29.1 Å². The fourth-order valence-electron chi connectivity index (χ4n) is 3.04. The highest BCUT2D eigenvalue weighted by molar-refractivity contribution is 6.31. The summed E-state index contributed by atoms with van der Waals surface area (Å²) in [4.78, 5) is 14.7. The Morgan fingerprint density at radius 2 is 2.29 bits per heavy atom. The van der Waals surface area contributed by atoms with Crippen molar-refractivity contribution in [2.75, 3.05) is 19.7 Å². The number of morpholine rings is 1. The van der Waals surface area contributed by atoms with Gasteiger partial charge in [0.25, 0.3) is 5.91 Å². The van der Waals surface area contributed by atoms with E-state index in [9.17, 15) is 4.79 Å². The number of amides is 1. The summed E-state index contributed by atoms with van der Waals surface area (Å²) in [5, 5.41) is 7.71. The molecule has 1 N–H and O–H groups in total. The number of carbonyl (C=O) groups excluding carboxylic acids is 1. The van der Waals surface area contributed by atoms with Crippen LogP contribution in [0.15, 0.2) is 30.5 Å². The van der Waals surface area contributed by atoms with Gasteiger partial charge in [-0.05, 0) is 18.1 Å². The Bertz CT molecular complexity index is 701. The predicted octanol–water partition coefficient (Wildman–Crippen LogP) is 3.10. The van der Waals surface area contributed by atoms with Crippen LogP contribution in [0.1, 0.15) is 35.0 Å². The summed E-state index contributed by atoms with van der Waals surface area (Å²) < 4.78 is 5.84. The molecule has 0 unspecified atom stereocenters. The molecule has 3 rings (SSSR count). The number of ether oxygens (including phenoxy) is 1. The zero-order valence-electron chi connectivity index (χ0n) is 13.8. The Morgan fingerprint density at radius 1 is 1.46 bits per heavy atom. The van der Waals surface area contributed by atoms with Crippen LogP contribution in [0.4, 0.5) is 0 Å². The minimum atomic E-state index is -0.0378. The minimum absolute atomic E-state index is 0.0275. The maximum absolute atomic E-state index is 12.8. The van der Waals surface area contributed by atoms with Gasteiger partial charge in [-0.1, -0.05) is 43.1 Å². The number of carbonyl (C=O) groups is 1. The second kappa shape index (κ2) is 7.81. The van der Waals surface area contributed by atoms with Crippen molar-refractivity contribution in [3.05, 3.63) is 52.3 Å². The van der Waals surface area contributed by atoms with E-state index in [1.165, 1.54) is 0 Å². The summed E-state index contributed by atoms with van der Waals surface area (Å²) in [7, 11) is 0. The van der Waals surface area contributed by atoms with Crippen LogP contribution in [0.2, 0.25) is 5.02 Å². The summed E-state index contributed by atoms with van der Waals surface area (Å²) in [6.45, 7) is 3.81. The van der Waals surface area contributed by atoms with Crippen LogP contribution >= 0.6 is 11.6 Å². The number of halogens is 1. The van der Waals surface area contributed by atoms with Crippen molar-refractivity contribution in [2.45, 2.75) is 32.3 Å². The van der Waals surface area contributed by atoms with Crippen molar-refractivity contribution in [3.8, 4) is 0 Å². The third-order valence-electron chi connectivity index (χ3n) is 4.28. The zero-order chi connectivity index (χ0) is 16.9. The lowest BCUT2D eigenvalue weighted by Gasteiger charge is -2.33. The second-order valence-corrected chi connectivity index (χ2v) is 6.46. The first-order chi connectivity index (χ1) is 11.7. The molecule has 5 nitrogen and oxygen atoms in total. The fourth-order valence-corrected chi connectivity index (χ4v) is 3.26. The molecule has 0 spiro atoms. The summed E-state index contributed by atoms with van der Waals surface area (Å²) in [6.07, 6.45) is 4.10. The molecule has 0 aliphatic carbocycles. The van der Waals surface area contributed by atoms with Crippen LogP contribution < -0.4 is 0 Å². The number of H-pyrrole nitrogens is 1. The van der Waals surface area contributed by atoms with Crippen LogP contribution in [0.25, 0.3) is 0 Å². The first kappa shape index (κ1) is 17.0. The lowest BCUT2D eigenvalue weighted by Crippen LogP contribution is -2.46. The van der Waals surface area contributed by atoms with E-state index in [0.29, 0.717) is 31.7 Å². The molecule has 1 fully saturated rings. The fraction of sp³-hybridized carbons (Fsp3) is 0.444. The number of aromatic amines is 1. The Hall–Kier alpha value is -1.85. The molecule has 2 aromatic rings. The molecule has 0 bridgehead atoms. The van der Waals surface area contributed by atoms with Crippen LogP contribution in [-0.4, -0.2) is 46.8 Å². The zero-order valence-corrected chi connectivity index (χ0v) is 14.6. The SMILES string of the molecule is CCCc1[nH]ncc1C(=O)N1CCO[C@@H](Cc2ccccc2Cl)C1. The van der Waals surface area contributed by atoms with Crippen molar-refractivity contribution in [2.24, 2.45) is 0 Å². The first-order valence-corrected chi connectivity index (χ1v) is 8.73. The molecular formula is C18H22ClN3O2. The van der Waals surface area contributed by atoms with Gasteiger partial charge in [0.15, 0.2) is 0 Å². The smallest absolute Gasteiger partial charge is 0.257 e. The summed E-state index contributed by atoms with van der Waals surface area (Å²) in [6, 6.07) is 7.76. The van der Waals surface area contributed by atoms with Crippen LogP contribution in [-0.2, 0) is 17.6 Å². The van der Waals surface area contributed by atoms with Gasteiger partial charge >= 0.3 is 0 Å². The number of nitrogens with zero attached hydrogens (tertiary/aromatic N) is 2. The number of hydrogen-bond donors (Lipinski definition) is 1. The Morgan fingerprint density at radius 3 is 3.08 bits per heavy atom. The van der Waals surface area contributed by atoms with Crippen molar-refractivity contribution in [1.29, 1.82) is 0 Å². The topological polar surface area (TPSA) is 58.2 Å². The number of benzene rings is 1. The number of aromatic nitrogens is 2. The third kappa shape index (κ3) is 3.79. The molecule has 1 atom stereocenters. The predicted molar refractivity (Wildman–Crippen MR) is 93.4 cm³/mol. The average Bonchev–Trinajstić information content (AvgIpc) is 3.05. The van der Waals surface area contributed by atoms with E-state index in [4.69, 9.17) is 16.3 Å². The van der Waals surface area contributed by atoms with Gasteiger partial charge in [-0.2, -0.15) is 5.10 Å². The average molecular weight is 348 g/mol. The van der Waals surface area contributed by atoms with Gasteiger partial charge < -0.3 is 9.64 Å². The molecule has 1 aliphatic heterocycles. The van der Waals surface area contributed by atoms with Crippen molar-refractivity contribution in [3.63, 3.8) is 0 Å². The van der Waals surface area contributed by atoms with E-state index >= 15 is 0 Å². The van der Waals surface area contributed by atoms with Crippen LogP contribution in [0.5, 0.6) is 0 Å². The highest BCUT2D eigenvalue weighted by Crippen LogP contribution is 2.20. The lowest BCUT2D eigenvalue weighted by molar-refractivity contribution is -0.0208. The highest BCUT2D eigenvalue weighted by Gasteiger charge is 2.27. The normalized spacial score (nSPS) is 17.9. The molecule has 1 amide bonds. The van der Waals surface area contributed by atoms with Gasteiger partial charge in [-0.3, -0.25) is 9.89 Å². The van der Waals surface area contributed by atoms with Crippen molar-refractivity contribution in [1.82, 2.24) is 15.1 Å². The molecule has 1 aromatic carbocycles. The monoisotopic (exact) mass is 347 g/mol. The number of hydrogen-bond acceptors (Lipinski definition) is 3. The summed E-state index contributed by atoms with van der Waals surface area (Å²) in [5.41, 5.74) is 2.64. The lowest BCUT2D eigenvalue weighted by atomic mass is 10.1. The van der Waals surface area contributed by atoms with E-state index in [1.54, 1.807) is 6.20 Å². The molecule has 1 aromatic heterocycles. The Labute approximate surface area is 147 Å². The van der Waals surface area contributed by atoms with Gasteiger partial charge in [0, 0.05) is 30.2 Å². The molecular weight excluding hydrogens is 326 g/mol. The standard InChI is InChI=1S/C18H22ClN3O2/c1-2-5-17-15(11-20-21-17)18(23)22-8-9-24-14(12-22)10-13-6-3-4-7-16(13)19/h3-4,6-7,11,14H,2,5,8-10,12H2,1H3,(H,20,21)/t14-/m0/s1. The Balaban J connectivity index is 1.68. The molecule has 1 aliphatic rings. The van der Waals surface area contributed by atoms with Crippen molar-refractivity contribution >= 4 is 17.5 Å². The molecule has 24 heavy (non-hydrogen) atoms. The highest BCUT2D eigenvalue weighted by atomic mass is 35.5. The van der Waals surface area contributed by atoms with Gasteiger partial charge in [-0.15, -0.1) is 0 Å². The minimum Gasteiger partial charge on any atom is -0.374 e. The van der Waals surface area contributed by atoms with E-state index < -0.39 is 0 Å². The largest absolute Gasteiger partial charge is 0.374 e. The van der Waals surface area contributed by atoms with Crippen LogP contribution in [0.3, 0.4) is 0 Å². The van der Waals surface area contributed by atoms with Gasteiger partial charge in [0.05, 0.1) is 24.5 Å². The maximum atomic E-state index is 12.8. The molecule has 128 valence electrons. The third-order valence-corrected chi connectivity index (χ3v) is 4.65. The number of nitrogens with one attached hydrogen (secondary N) is 1. The first-order valence-electron chi connectivity index (χ1n) is 8.35. The van der Waals surface area contributed by atoms with Crippen molar-refractivity contribution < 1.29 is 9.53 Å². The van der Waals surface area contributed by atoms with Crippen LogP contribution in [0, 0.1) is 0 Å². The number of aryl methyl sites for hydroxylation is 1. The molecule has 2 heterocycles.